The summed E-state index contributed by atoms with van der Waals surface area (Å²) in [6, 6.07) is 5.70. The zero-order valence-corrected chi connectivity index (χ0v) is 17.8. The van der Waals surface area contributed by atoms with Gasteiger partial charge in [0.15, 0.2) is 6.04 Å². The molecule has 0 unspecified atom stereocenters. The minimum absolute atomic E-state index is 0.0754. The molecule has 10 heteroatoms. The van der Waals surface area contributed by atoms with Crippen LogP contribution in [0.5, 0.6) is 0 Å². The maximum Gasteiger partial charge on any atom is 0.333 e. The number of esters is 1. The van der Waals surface area contributed by atoms with Crippen LogP contribution in [0.3, 0.4) is 0 Å². The van der Waals surface area contributed by atoms with Gasteiger partial charge >= 0.3 is 5.97 Å². The van der Waals surface area contributed by atoms with Gasteiger partial charge in [-0.25, -0.2) is 13.2 Å². The Morgan fingerprint density at radius 2 is 2.14 bits per heavy atom. The quantitative estimate of drug-likeness (QED) is 0.692. The number of rotatable bonds is 6. The van der Waals surface area contributed by atoms with E-state index in [9.17, 15) is 18.0 Å². The number of sulfonamides is 1. The van der Waals surface area contributed by atoms with E-state index in [4.69, 9.17) is 4.74 Å². The molecule has 1 fully saturated rings. The van der Waals surface area contributed by atoms with Gasteiger partial charge in [0.1, 0.15) is 4.21 Å². The predicted octanol–water partition coefficient (Wildman–Crippen LogP) is 1.88. The Balaban J connectivity index is 1.74. The Kier molecular flexibility index (Phi) is 6.66. The van der Waals surface area contributed by atoms with Crippen molar-refractivity contribution in [3.63, 3.8) is 0 Å². The summed E-state index contributed by atoms with van der Waals surface area (Å²) < 4.78 is 32.2. The first-order valence-electron chi connectivity index (χ1n) is 9.17. The summed E-state index contributed by atoms with van der Waals surface area (Å²) in [6.07, 6.45) is 4.16. The van der Waals surface area contributed by atoms with Crippen molar-refractivity contribution in [3.8, 4) is 0 Å². The summed E-state index contributed by atoms with van der Waals surface area (Å²) in [7, 11) is -2.39. The van der Waals surface area contributed by atoms with Gasteiger partial charge in [0.25, 0.3) is 10.0 Å². The van der Waals surface area contributed by atoms with Crippen molar-refractivity contribution in [2.75, 3.05) is 20.2 Å². The molecule has 0 saturated carbocycles. The van der Waals surface area contributed by atoms with E-state index >= 15 is 0 Å². The van der Waals surface area contributed by atoms with Crippen molar-refractivity contribution in [2.24, 2.45) is 5.92 Å². The van der Waals surface area contributed by atoms with Crippen molar-refractivity contribution in [1.82, 2.24) is 14.6 Å². The lowest BCUT2D eigenvalue weighted by Crippen LogP contribution is -2.47. The predicted molar refractivity (Wildman–Crippen MR) is 108 cm³/mol. The summed E-state index contributed by atoms with van der Waals surface area (Å²) in [5.41, 5.74) is 0.502. The number of pyridine rings is 1. The molecule has 1 amide bonds. The van der Waals surface area contributed by atoms with Crippen molar-refractivity contribution in [2.45, 2.75) is 30.0 Å². The van der Waals surface area contributed by atoms with E-state index in [-0.39, 0.29) is 16.7 Å². The number of hydrogen-bond donors (Lipinski definition) is 1. The fraction of sp³-hybridized carbons (Fsp3) is 0.421. The molecule has 0 bridgehead atoms. The number of amides is 1. The molecular formula is C19H23N3O5S2. The molecule has 1 N–H and O–H groups in total. The molecule has 2 aromatic rings. The van der Waals surface area contributed by atoms with E-state index < -0.39 is 28.0 Å². The third-order valence-electron chi connectivity index (χ3n) is 4.81. The number of aromatic nitrogens is 1. The molecule has 3 heterocycles. The highest BCUT2D eigenvalue weighted by atomic mass is 32.2. The summed E-state index contributed by atoms with van der Waals surface area (Å²) in [4.78, 5) is 29.9. The standard InChI is InChI=1S/C19H23N3O5S2/c1-13-7-8-16(28-13)29(25,26)22-10-4-6-15(12-22)18(23)21-17(19(24)27-2)14-5-3-9-20-11-14/h3,5,7-9,11,15,17H,4,6,10,12H2,1-2H3,(H,21,23)/t15-,17-/m1/s1. The number of piperidine rings is 1. The zero-order valence-electron chi connectivity index (χ0n) is 16.2. The Hall–Kier alpha value is -2.30. The van der Waals surface area contributed by atoms with E-state index in [0.717, 1.165) is 4.88 Å². The average Bonchev–Trinajstić information content (AvgIpc) is 3.19. The van der Waals surface area contributed by atoms with E-state index in [0.29, 0.717) is 24.9 Å². The van der Waals surface area contributed by atoms with Gasteiger partial charge in [0.05, 0.1) is 13.0 Å². The van der Waals surface area contributed by atoms with Crippen LogP contribution in [0.4, 0.5) is 0 Å². The summed E-state index contributed by atoms with van der Waals surface area (Å²) in [5.74, 6) is -1.55. The fourth-order valence-corrected chi connectivity index (χ4v) is 6.22. The molecule has 1 aliphatic heterocycles. The number of thiophene rings is 1. The smallest absolute Gasteiger partial charge is 0.333 e. The van der Waals surface area contributed by atoms with Crippen molar-refractivity contribution < 1.29 is 22.7 Å². The van der Waals surface area contributed by atoms with Crippen LogP contribution in [0.2, 0.25) is 0 Å². The topological polar surface area (TPSA) is 106 Å². The van der Waals surface area contributed by atoms with Crippen LogP contribution in [0.1, 0.15) is 29.3 Å². The fourth-order valence-electron chi connectivity index (χ4n) is 3.26. The van der Waals surface area contributed by atoms with Crippen LogP contribution >= 0.6 is 11.3 Å². The van der Waals surface area contributed by atoms with E-state index in [2.05, 4.69) is 10.3 Å². The average molecular weight is 438 g/mol. The first kappa shape index (κ1) is 21.4. The molecule has 1 aliphatic rings. The molecule has 0 aliphatic carbocycles. The van der Waals surface area contributed by atoms with E-state index in [1.807, 2.05) is 6.92 Å². The van der Waals surface area contributed by atoms with Crippen LogP contribution in [-0.2, 0) is 24.3 Å². The monoisotopic (exact) mass is 437 g/mol. The van der Waals surface area contributed by atoms with Gasteiger partial charge < -0.3 is 10.1 Å². The van der Waals surface area contributed by atoms with Gasteiger partial charge in [-0.3, -0.25) is 9.78 Å². The van der Waals surface area contributed by atoms with Crippen LogP contribution in [-0.4, -0.2) is 49.8 Å². The summed E-state index contributed by atoms with van der Waals surface area (Å²) in [6.45, 7) is 2.29. The molecular weight excluding hydrogens is 414 g/mol. The van der Waals surface area contributed by atoms with Gasteiger partial charge in [-0.15, -0.1) is 11.3 Å². The Bertz CT molecular complexity index is 975. The van der Waals surface area contributed by atoms with Gasteiger partial charge in [0, 0.05) is 35.9 Å². The molecule has 0 spiro atoms. The first-order valence-corrected chi connectivity index (χ1v) is 11.4. The van der Waals surface area contributed by atoms with Crippen LogP contribution in [0, 0.1) is 12.8 Å². The normalized spacial score (nSPS) is 18.8. The van der Waals surface area contributed by atoms with Crippen molar-refractivity contribution in [3.05, 3.63) is 47.1 Å². The second-order valence-electron chi connectivity index (χ2n) is 6.82. The number of aryl methyl sites for hydroxylation is 1. The molecule has 2 aromatic heterocycles. The van der Waals surface area contributed by atoms with Gasteiger partial charge in [-0.05, 0) is 38.0 Å². The Morgan fingerprint density at radius 1 is 1.34 bits per heavy atom. The zero-order chi connectivity index (χ0) is 21.0. The minimum atomic E-state index is -3.64. The van der Waals surface area contributed by atoms with Crippen molar-refractivity contribution >= 4 is 33.2 Å². The molecule has 0 aromatic carbocycles. The number of carbonyl (C=O) groups is 2. The van der Waals surface area contributed by atoms with E-state index in [1.54, 1.807) is 30.5 Å². The number of ether oxygens (including phenoxy) is 1. The number of nitrogens with zero attached hydrogens (tertiary/aromatic N) is 2. The van der Waals surface area contributed by atoms with Crippen LogP contribution < -0.4 is 5.32 Å². The molecule has 29 heavy (non-hydrogen) atoms. The third kappa shape index (κ3) is 4.82. The number of methoxy groups -OCH3 is 1. The molecule has 2 atom stereocenters. The summed E-state index contributed by atoms with van der Waals surface area (Å²) in [5, 5.41) is 2.70. The Morgan fingerprint density at radius 3 is 2.76 bits per heavy atom. The number of carbonyl (C=O) groups excluding carboxylic acids is 2. The Labute approximate surface area is 173 Å². The highest BCUT2D eigenvalue weighted by Crippen LogP contribution is 2.28. The summed E-state index contributed by atoms with van der Waals surface area (Å²) >= 11 is 1.21. The maximum atomic E-state index is 12.9. The molecule has 8 nitrogen and oxygen atoms in total. The number of hydrogen-bond acceptors (Lipinski definition) is 7. The second kappa shape index (κ2) is 9.02. The molecule has 0 radical (unpaired) electrons. The van der Waals surface area contributed by atoms with Gasteiger partial charge in [-0.1, -0.05) is 6.07 Å². The van der Waals surface area contributed by atoms with E-state index in [1.165, 1.54) is 28.9 Å². The minimum Gasteiger partial charge on any atom is -0.467 e. The van der Waals surface area contributed by atoms with Gasteiger partial charge in [-0.2, -0.15) is 4.31 Å². The SMILES string of the molecule is COC(=O)[C@H](NC(=O)[C@@H]1CCCN(S(=O)(=O)c2ccc(C)s2)C1)c1cccnc1. The van der Waals surface area contributed by atoms with Crippen LogP contribution in [0.25, 0.3) is 0 Å². The highest BCUT2D eigenvalue weighted by Gasteiger charge is 2.35. The lowest BCUT2D eigenvalue weighted by Gasteiger charge is -2.31. The van der Waals surface area contributed by atoms with Crippen LogP contribution in [0.15, 0.2) is 40.9 Å². The van der Waals surface area contributed by atoms with Gasteiger partial charge in [0.2, 0.25) is 5.91 Å². The van der Waals surface area contributed by atoms with Crippen molar-refractivity contribution in [1.29, 1.82) is 0 Å². The first-order chi connectivity index (χ1) is 13.8. The lowest BCUT2D eigenvalue weighted by atomic mass is 9.98. The number of nitrogens with one attached hydrogen (secondary N) is 1. The second-order valence-corrected chi connectivity index (χ2v) is 10.3. The highest BCUT2D eigenvalue weighted by molar-refractivity contribution is 7.91. The largest absolute Gasteiger partial charge is 0.467 e. The maximum absolute atomic E-state index is 12.9. The molecule has 156 valence electrons. The molecule has 1 saturated heterocycles. The lowest BCUT2D eigenvalue weighted by molar-refractivity contribution is -0.146. The molecule has 3 rings (SSSR count). The third-order valence-corrected chi connectivity index (χ3v) is 8.14.